The van der Waals surface area contributed by atoms with E-state index in [1.807, 2.05) is 0 Å². The van der Waals surface area contributed by atoms with Crippen molar-refractivity contribution in [2.75, 3.05) is 13.1 Å². The average molecular weight is 231 g/mol. The van der Waals surface area contributed by atoms with Gasteiger partial charge in [0, 0.05) is 31.7 Å². The molecule has 0 unspecified atom stereocenters. The Bertz CT molecular complexity index is 410. The molecule has 0 saturated heterocycles. The molecule has 1 fully saturated rings. The molecule has 1 aliphatic carbocycles. The van der Waals surface area contributed by atoms with Crippen LogP contribution in [0.15, 0.2) is 6.20 Å². The topological polar surface area (TPSA) is 29.0 Å². The first-order valence-corrected chi connectivity index (χ1v) is 6.79. The number of nitrogens with zero attached hydrogens (tertiary/aromatic N) is 3. The monoisotopic (exact) mass is 231 g/mol. The van der Waals surface area contributed by atoms with Gasteiger partial charge >= 0.3 is 0 Å². The van der Waals surface area contributed by atoms with Crippen molar-refractivity contribution in [3.05, 3.63) is 23.3 Å². The molecule has 0 radical (unpaired) electrons. The normalized spacial score (nSPS) is 20.6. The first-order chi connectivity index (χ1) is 8.22. The third-order valence-corrected chi connectivity index (χ3v) is 3.61. The van der Waals surface area contributed by atoms with Gasteiger partial charge in [0.05, 0.1) is 5.69 Å². The van der Waals surface area contributed by atoms with Gasteiger partial charge in [-0.15, -0.1) is 0 Å². The van der Waals surface area contributed by atoms with Crippen LogP contribution in [0, 0.1) is 5.92 Å². The van der Waals surface area contributed by atoms with Crippen LogP contribution in [-0.2, 0) is 13.0 Å². The summed E-state index contributed by atoms with van der Waals surface area (Å²) in [7, 11) is 0. The number of rotatable bonds is 3. The van der Waals surface area contributed by atoms with Crippen molar-refractivity contribution in [3.63, 3.8) is 0 Å². The number of hydrogen-bond donors (Lipinski definition) is 0. The molecule has 1 saturated carbocycles. The molecule has 0 N–H and O–H groups in total. The van der Waals surface area contributed by atoms with Crippen molar-refractivity contribution < 1.29 is 0 Å². The summed E-state index contributed by atoms with van der Waals surface area (Å²) in [5.41, 5.74) is 2.66. The number of hydrogen-bond acceptors (Lipinski definition) is 3. The lowest BCUT2D eigenvalue weighted by Crippen LogP contribution is -2.34. The van der Waals surface area contributed by atoms with E-state index in [1.165, 1.54) is 30.6 Å². The Kier molecular flexibility index (Phi) is 2.87. The van der Waals surface area contributed by atoms with Crippen LogP contribution in [0.3, 0.4) is 0 Å². The van der Waals surface area contributed by atoms with Gasteiger partial charge in [0.15, 0.2) is 0 Å². The predicted octanol–water partition coefficient (Wildman–Crippen LogP) is 2.37. The Labute approximate surface area is 103 Å². The molecule has 92 valence electrons. The van der Waals surface area contributed by atoms with E-state index in [-0.39, 0.29) is 0 Å². The highest BCUT2D eigenvalue weighted by molar-refractivity contribution is 5.22. The summed E-state index contributed by atoms with van der Waals surface area (Å²) in [4.78, 5) is 11.8. The highest BCUT2D eigenvalue weighted by Gasteiger charge is 2.28. The molecule has 0 spiro atoms. The standard InChI is InChI=1S/C14H21N3/c1-10(2)8-17-6-5-12-7-15-14(11-3-4-11)16-13(12)9-17/h7,10-11H,3-6,8-9H2,1-2H3. The number of aromatic nitrogens is 2. The van der Waals surface area contributed by atoms with Crippen molar-refractivity contribution in [3.8, 4) is 0 Å². The minimum absolute atomic E-state index is 0.667. The Morgan fingerprint density at radius 2 is 2.24 bits per heavy atom. The van der Waals surface area contributed by atoms with E-state index in [9.17, 15) is 0 Å². The van der Waals surface area contributed by atoms with Crippen LogP contribution in [-0.4, -0.2) is 28.0 Å². The van der Waals surface area contributed by atoms with Crippen molar-refractivity contribution in [1.29, 1.82) is 0 Å². The van der Waals surface area contributed by atoms with E-state index in [1.54, 1.807) is 0 Å². The van der Waals surface area contributed by atoms with Crippen LogP contribution in [0.4, 0.5) is 0 Å². The lowest BCUT2D eigenvalue weighted by atomic mass is 10.1. The highest BCUT2D eigenvalue weighted by Crippen LogP contribution is 2.38. The molecule has 1 aromatic rings. The summed E-state index contributed by atoms with van der Waals surface area (Å²) >= 11 is 0. The van der Waals surface area contributed by atoms with Crippen LogP contribution in [0.25, 0.3) is 0 Å². The fourth-order valence-corrected chi connectivity index (χ4v) is 2.58. The van der Waals surface area contributed by atoms with Gasteiger partial charge in [-0.1, -0.05) is 13.8 Å². The SMILES string of the molecule is CC(C)CN1CCc2cnc(C3CC3)nc2C1. The van der Waals surface area contributed by atoms with Gasteiger partial charge in [0.1, 0.15) is 5.82 Å². The minimum atomic E-state index is 0.667. The molecule has 2 heterocycles. The van der Waals surface area contributed by atoms with Crippen molar-refractivity contribution in [1.82, 2.24) is 14.9 Å². The van der Waals surface area contributed by atoms with Crippen molar-refractivity contribution >= 4 is 0 Å². The van der Waals surface area contributed by atoms with Crippen LogP contribution in [0.2, 0.25) is 0 Å². The minimum Gasteiger partial charge on any atom is -0.297 e. The Hall–Kier alpha value is -0.960. The third-order valence-electron chi connectivity index (χ3n) is 3.61. The van der Waals surface area contributed by atoms with Crippen molar-refractivity contribution in [2.45, 2.75) is 45.6 Å². The molecule has 0 atom stereocenters. The Morgan fingerprint density at radius 3 is 2.94 bits per heavy atom. The maximum absolute atomic E-state index is 4.78. The van der Waals surface area contributed by atoms with Gasteiger partial charge in [-0.3, -0.25) is 4.90 Å². The first-order valence-electron chi connectivity index (χ1n) is 6.79. The van der Waals surface area contributed by atoms with E-state index < -0.39 is 0 Å². The second-order valence-electron chi connectivity index (χ2n) is 5.85. The molecule has 17 heavy (non-hydrogen) atoms. The van der Waals surface area contributed by atoms with E-state index in [2.05, 4.69) is 29.9 Å². The van der Waals surface area contributed by atoms with Gasteiger partial charge < -0.3 is 0 Å². The molecular weight excluding hydrogens is 210 g/mol. The summed E-state index contributed by atoms with van der Waals surface area (Å²) in [6.07, 6.45) is 5.76. The summed E-state index contributed by atoms with van der Waals surface area (Å²) in [6.45, 7) is 7.94. The van der Waals surface area contributed by atoms with Crippen LogP contribution in [0.1, 0.15) is 49.7 Å². The van der Waals surface area contributed by atoms with E-state index in [0.29, 0.717) is 5.92 Å². The second kappa shape index (κ2) is 4.37. The molecule has 3 rings (SSSR count). The fraction of sp³-hybridized carbons (Fsp3) is 0.714. The van der Waals surface area contributed by atoms with E-state index in [4.69, 9.17) is 4.98 Å². The summed E-state index contributed by atoms with van der Waals surface area (Å²) in [5, 5.41) is 0. The molecule has 1 aliphatic heterocycles. The van der Waals surface area contributed by atoms with Gasteiger partial charge in [0.2, 0.25) is 0 Å². The molecule has 0 bridgehead atoms. The van der Waals surface area contributed by atoms with Crippen molar-refractivity contribution in [2.24, 2.45) is 5.92 Å². The largest absolute Gasteiger partial charge is 0.297 e. The fourth-order valence-electron chi connectivity index (χ4n) is 2.58. The van der Waals surface area contributed by atoms with Crippen LogP contribution in [0.5, 0.6) is 0 Å². The molecule has 3 heteroatoms. The summed E-state index contributed by atoms with van der Waals surface area (Å²) < 4.78 is 0. The maximum Gasteiger partial charge on any atom is 0.131 e. The Balaban J connectivity index is 1.77. The highest BCUT2D eigenvalue weighted by atomic mass is 15.1. The maximum atomic E-state index is 4.78. The molecule has 3 nitrogen and oxygen atoms in total. The molecule has 0 amide bonds. The quantitative estimate of drug-likeness (QED) is 0.799. The smallest absolute Gasteiger partial charge is 0.131 e. The van der Waals surface area contributed by atoms with Crippen LogP contribution < -0.4 is 0 Å². The lowest BCUT2D eigenvalue weighted by molar-refractivity contribution is 0.222. The second-order valence-corrected chi connectivity index (χ2v) is 5.85. The first kappa shape index (κ1) is 11.1. The molecular formula is C14H21N3. The average Bonchev–Trinajstić information content (AvgIpc) is 3.11. The van der Waals surface area contributed by atoms with Gasteiger partial charge in [-0.2, -0.15) is 0 Å². The zero-order valence-corrected chi connectivity index (χ0v) is 10.8. The van der Waals surface area contributed by atoms with E-state index >= 15 is 0 Å². The zero-order valence-electron chi connectivity index (χ0n) is 10.8. The predicted molar refractivity (Wildman–Crippen MR) is 67.8 cm³/mol. The van der Waals surface area contributed by atoms with Gasteiger partial charge in [0.25, 0.3) is 0 Å². The Morgan fingerprint density at radius 1 is 1.41 bits per heavy atom. The third kappa shape index (κ3) is 2.49. The lowest BCUT2D eigenvalue weighted by Gasteiger charge is -2.29. The molecule has 1 aromatic heterocycles. The van der Waals surface area contributed by atoms with Crippen LogP contribution >= 0.6 is 0 Å². The summed E-state index contributed by atoms with van der Waals surface area (Å²) in [5.74, 6) is 2.50. The molecule has 0 aromatic carbocycles. The van der Waals surface area contributed by atoms with E-state index in [0.717, 1.165) is 31.3 Å². The zero-order chi connectivity index (χ0) is 11.8. The number of fused-ring (bicyclic) bond motifs is 1. The van der Waals surface area contributed by atoms with Gasteiger partial charge in [-0.05, 0) is 30.7 Å². The molecule has 2 aliphatic rings. The van der Waals surface area contributed by atoms with Gasteiger partial charge in [-0.25, -0.2) is 9.97 Å². The summed E-state index contributed by atoms with van der Waals surface area (Å²) in [6, 6.07) is 0.